The summed E-state index contributed by atoms with van der Waals surface area (Å²) in [6.45, 7) is 0. The van der Waals surface area contributed by atoms with Gasteiger partial charge in [0.05, 0.1) is 0 Å². The quantitative estimate of drug-likeness (QED) is 0.339. The molecular weight excluding hydrogens is 166 g/mol. The average molecular weight is 219 g/mol. The first-order valence-corrected chi connectivity index (χ1v) is 0. The molecule has 0 bridgehead atoms. The topological polar surface area (TPSA) is 175 Å². The molecule has 0 unspecified atom stereocenters. The van der Waals surface area contributed by atoms with E-state index in [0.29, 0.717) is 0 Å². The zero-order chi connectivity index (χ0) is 10.0. The van der Waals surface area contributed by atoms with Crippen molar-refractivity contribution in [2.75, 3.05) is 0 Å². The van der Waals surface area contributed by atoms with E-state index in [-0.39, 0.29) is 59.4 Å². The lowest BCUT2D eigenvalue weighted by molar-refractivity contribution is 2.13. The third-order valence-electron chi connectivity index (χ3n) is 0. The van der Waals surface area contributed by atoms with Gasteiger partial charge in [-0.15, -0.1) is 0 Å². The zero-order valence-electron chi connectivity index (χ0n) is 7.89. The summed E-state index contributed by atoms with van der Waals surface area (Å²) in [6.07, 6.45) is 18.8. The monoisotopic (exact) mass is 218 g/mol. The minimum Gasteiger partial charge on any atom is -0.344 e. The minimum atomic E-state index is 0. The second-order valence-corrected chi connectivity index (χ2v) is 0. The second kappa shape index (κ2) is 34400. The third kappa shape index (κ3) is 28300. The van der Waals surface area contributed by atoms with Gasteiger partial charge in [-0.05, 0) is 0 Å². The fraction of sp³-hybridized carbons (Fsp3) is 1.00. The molecule has 0 rings (SSSR count). The highest BCUT2D eigenvalue weighted by molar-refractivity contribution is 2.51. The van der Waals surface area contributed by atoms with Crippen LogP contribution in [0.1, 0.15) is 59.4 Å². The van der Waals surface area contributed by atoms with E-state index in [2.05, 4.69) is 30.7 Å². The Morgan fingerprint density at radius 3 is 0.308 bits per heavy atom. The zero-order valence-corrected chi connectivity index (χ0v) is 2.89. The van der Waals surface area contributed by atoms with Crippen LogP contribution in [0.25, 0.3) is 0 Å². The molecule has 0 radical (unpaired) electrons. The molecule has 13 heavy (non-hydrogen) atoms. The Morgan fingerprint density at radius 1 is 0.308 bits per heavy atom. The van der Waals surface area contributed by atoms with Crippen LogP contribution in [0.3, 0.4) is 0 Å². The maximum absolute atomic E-state index is 5.25. The normalized spacial score (nSPS) is 2.69. The molecule has 0 aliphatic carbocycles. The molecule has 0 atom stereocenters. The smallest absolute Gasteiger partial charge is 0.115 e. The molecule has 0 aromatic carbocycles. The molecule has 0 saturated heterocycles. The Labute approximate surface area is 98.3 Å². The molecule has 0 aliphatic heterocycles. The van der Waals surface area contributed by atoms with E-state index in [1.807, 2.05) is 0 Å². The maximum atomic E-state index is 5.25. The van der Waals surface area contributed by atoms with Crippen molar-refractivity contribution in [2.45, 2.75) is 59.4 Å². The molecule has 5 heteroatoms. The van der Waals surface area contributed by atoms with Crippen molar-refractivity contribution < 1.29 is 7.06 Å². The van der Waals surface area contributed by atoms with Gasteiger partial charge in [0.2, 0.25) is 0 Å². The van der Waals surface area contributed by atoms with E-state index in [0.717, 1.165) is 0 Å². The molecule has 0 aromatic heterocycles. The van der Waals surface area contributed by atoms with Gasteiger partial charge < -0.3 is 30.7 Å². The standard InChI is InChI=1S/8CH4.5H3N/h8*1H4;5*1H3/i/hD5. The van der Waals surface area contributed by atoms with Crippen LogP contribution in [0.15, 0.2) is 0 Å². The minimum absolute atomic E-state index is 0. The van der Waals surface area contributed by atoms with Gasteiger partial charge >= 0.3 is 0 Å². The summed E-state index contributed by atoms with van der Waals surface area (Å²) in [4.78, 5) is 0. The molecule has 15 N–H and O–H groups in total. The Hall–Kier alpha value is -0.200. The Kier molecular flexibility index (Phi) is 205000. The van der Waals surface area contributed by atoms with Crippen molar-refractivity contribution in [3.63, 3.8) is 0 Å². The molecular formula is C8H47N5. The van der Waals surface area contributed by atoms with E-state index in [1.165, 1.54) is 0 Å². The van der Waals surface area contributed by atoms with E-state index in [9.17, 15) is 0 Å². The van der Waals surface area contributed by atoms with Gasteiger partial charge in [0.25, 0.3) is 0 Å². The van der Waals surface area contributed by atoms with Crippen LogP contribution < -0.4 is 30.7 Å². The van der Waals surface area contributed by atoms with Gasteiger partial charge in [-0.1, -0.05) is 59.4 Å². The summed E-state index contributed by atoms with van der Waals surface area (Å²) >= 11 is 0. The molecule has 0 fully saturated rings. The SMILES string of the molecule is C.C.C.C.C.C.C.C.[2H]N.[2H]N.[2H]N.[2H]N.[2H]N. The van der Waals surface area contributed by atoms with Crippen LogP contribution in [0.4, 0.5) is 0 Å². The number of hydrogen-bond donors (Lipinski definition) is 5. The van der Waals surface area contributed by atoms with Crippen LogP contribution >= 0.6 is 0 Å². The number of hydrogen-bond acceptors (Lipinski definition) is 5. The van der Waals surface area contributed by atoms with Gasteiger partial charge in [-0.25, -0.2) is 0 Å². The summed E-state index contributed by atoms with van der Waals surface area (Å²) < 4.78 is 26.2. The van der Waals surface area contributed by atoms with Gasteiger partial charge in [0, 0.05) is 0 Å². The first kappa shape index (κ1) is 77.4. The second-order valence-electron chi connectivity index (χ2n) is 0. The molecule has 0 heterocycles. The molecule has 0 aliphatic rings. The van der Waals surface area contributed by atoms with Crippen LogP contribution in [0.5, 0.6) is 0 Å². The molecule has 0 saturated carbocycles. The first-order valence-electron chi connectivity index (χ1n) is 2.89. The lowest BCUT2D eigenvalue weighted by Crippen LogP contribution is -0.482. The Morgan fingerprint density at radius 2 is 0.308 bits per heavy atom. The summed E-state index contributed by atoms with van der Waals surface area (Å²) in [5.74, 6) is 0. The highest BCUT2D eigenvalue weighted by Crippen LogP contribution is 0.151. The van der Waals surface area contributed by atoms with Gasteiger partial charge in [-0.2, -0.15) is 0 Å². The first-order chi connectivity index (χ1) is 5.00. The van der Waals surface area contributed by atoms with Crippen molar-refractivity contribution in [3.8, 4) is 0 Å². The predicted octanol–water partition coefficient (Wildman–Crippen LogP) is 5.90. The molecule has 5 nitrogen and oxygen atoms in total. The van der Waals surface area contributed by atoms with Gasteiger partial charge in [-0.3, -0.25) is 0 Å². The van der Waals surface area contributed by atoms with Crippen molar-refractivity contribution in [1.82, 2.24) is 30.7 Å². The van der Waals surface area contributed by atoms with E-state index in [4.69, 9.17) is 7.06 Å². The largest absolute Gasteiger partial charge is 0.344 e. The van der Waals surface area contributed by atoms with E-state index >= 15 is 0 Å². The molecule has 0 aromatic rings. The Bertz CT molecular complexity index is 27.8. The average Bonchev–Trinajstić information content (AvgIpc) is 2.20. The van der Waals surface area contributed by atoms with Crippen molar-refractivity contribution in [3.05, 3.63) is 0 Å². The van der Waals surface area contributed by atoms with E-state index in [1.54, 1.807) is 0 Å². The third-order valence-corrected chi connectivity index (χ3v) is 0. The summed E-state index contributed by atoms with van der Waals surface area (Å²) in [6, 6.07) is 0. The predicted molar refractivity (Wildman–Crippen MR) is 79.0 cm³/mol. The molecule has 104 valence electrons. The maximum Gasteiger partial charge on any atom is 0.115 e. The summed E-state index contributed by atoms with van der Waals surface area (Å²) in [5.41, 5.74) is 0. The van der Waals surface area contributed by atoms with Crippen molar-refractivity contribution in [1.29, 1.82) is 0 Å². The lowest BCUT2D eigenvalue weighted by Gasteiger charge is -0.345. The van der Waals surface area contributed by atoms with Crippen LogP contribution in [0, 0.1) is 0 Å². The van der Waals surface area contributed by atoms with E-state index < -0.39 is 0 Å². The van der Waals surface area contributed by atoms with Gasteiger partial charge in [0.15, 0.2) is 0 Å². The van der Waals surface area contributed by atoms with Crippen molar-refractivity contribution >= 4 is 0 Å². The molecule has 0 spiro atoms. The fourth-order valence-corrected chi connectivity index (χ4v) is 0. The fourth-order valence-electron chi connectivity index (χ4n) is 0. The number of rotatable bonds is 0. The summed E-state index contributed by atoms with van der Waals surface area (Å²) in [7, 11) is 0. The highest BCUT2D eigenvalue weighted by Gasteiger charge is -0.0704. The van der Waals surface area contributed by atoms with Crippen LogP contribution in [-0.2, 0) is 0 Å². The lowest BCUT2D eigenvalue weighted by atomic mass is 12.0. The van der Waals surface area contributed by atoms with Crippen LogP contribution in [0.2, 0.25) is 7.06 Å². The molecule has 0 amide bonds. The van der Waals surface area contributed by atoms with Crippen LogP contribution in [-0.4, -0.2) is 0 Å². The Balaban J connectivity index is -0.00000000142. The van der Waals surface area contributed by atoms with Crippen molar-refractivity contribution in [2.24, 2.45) is 0 Å². The summed E-state index contributed by atoms with van der Waals surface area (Å²) in [5, 5.41) is 0. The highest BCUT2D eigenvalue weighted by atomic mass is 14.0. The van der Waals surface area contributed by atoms with Gasteiger partial charge in [0.1, 0.15) is 7.06 Å².